The Morgan fingerprint density at radius 1 is 1.03 bits per heavy atom. The van der Waals surface area contributed by atoms with Gasteiger partial charge in [-0.2, -0.15) is 0 Å². The molecule has 1 heterocycles. The van der Waals surface area contributed by atoms with Crippen molar-refractivity contribution < 1.29 is 9.53 Å². The first kappa shape index (κ1) is 20.8. The Morgan fingerprint density at radius 2 is 1.76 bits per heavy atom. The molecule has 3 aromatic rings. The second-order valence-corrected chi connectivity index (χ2v) is 8.96. The Bertz CT molecular complexity index is 991. The minimum atomic E-state index is -0.355. The highest BCUT2D eigenvalue weighted by molar-refractivity contribution is 7.15. The zero-order valence-corrected chi connectivity index (χ0v) is 18.2. The third-order valence-corrected chi connectivity index (χ3v) is 5.41. The Balaban J connectivity index is 1.54. The fourth-order valence-corrected chi connectivity index (χ4v) is 3.34. The number of urea groups is 1. The number of benzene rings is 2. The van der Waals surface area contributed by atoms with E-state index in [2.05, 4.69) is 41.6 Å². The van der Waals surface area contributed by atoms with E-state index < -0.39 is 0 Å². The lowest BCUT2D eigenvalue weighted by Gasteiger charge is -2.19. The van der Waals surface area contributed by atoms with Crippen LogP contribution >= 0.6 is 11.3 Å². The van der Waals surface area contributed by atoms with Crippen LogP contribution in [-0.2, 0) is 12.0 Å². The quantitative estimate of drug-likeness (QED) is 0.568. The first-order valence-electron chi connectivity index (χ1n) is 9.42. The maximum atomic E-state index is 12.2. The molecule has 0 atom stereocenters. The molecule has 0 fully saturated rings. The van der Waals surface area contributed by atoms with Crippen LogP contribution in [0.3, 0.4) is 0 Å². The van der Waals surface area contributed by atoms with Crippen molar-refractivity contribution in [2.75, 3.05) is 10.6 Å². The molecule has 6 nitrogen and oxygen atoms in total. The second-order valence-electron chi connectivity index (χ2n) is 7.89. The fourth-order valence-electron chi connectivity index (χ4n) is 2.70. The molecular formula is C22H26N4O2S. The van der Waals surface area contributed by atoms with Crippen molar-refractivity contribution in [2.45, 2.75) is 46.6 Å². The van der Waals surface area contributed by atoms with Crippen LogP contribution in [0.4, 0.5) is 15.6 Å². The van der Waals surface area contributed by atoms with Crippen molar-refractivity contribution in [3.05, 3.63) is 64.2 Å². The highest BCUT2D eigenvalue weighted by atomic mass is 32.1. The van der Waals surface area contributed by atoms with Crippen LogP contribution in [0.25, 0.3) is 0 Å². The molecule has 152 valence electrons. The number of carbonyl (C=O) groups excluding carboxylic acids is 1. The average molecular weight is 411 g/mol. The molecule has 0 aliphatic heterocycles. The molecule has 2 N–H and O–H groups in total. The zero-order chi connectivity index (χ0) is 21.0. The number of nitrogens with one attached hydrogen (secondary N) is 2. The Morgan fingerprint density at radius 3 is 2.45 bits per heavy atom. The molecule has 0 spiro atoms. The first-order chi connectivity index (χ1) is 13.7. The molecular weight excluding hydrogens is 384 g/mol. The van der Waals surface area contributed by atoms with Crippen molar-refractivity contribution >= 4 is 28.2 Å². The number of hydrogen-bond acceptors (Lipinski definition) is 5. The maximum Gasteiger partial charge on any atom is 0.325 e. The van der Waals surface area contributed by atoms with Gasteiger partial charge in [0.15, 0.2) is 5.01 Å². The van der Waals surface area contributed by atoms with E-state index in [-0.39, 0.29) is 11.4 Å². The fraction of sp³-hybridized carbons (Fsp3) is 0.318. The number of anilines is 2. The van der Waals surface area contributed by atoms with Gasteiger partial charge in [-0.1, -0.05) is 56.4 Å². The molecule has 1 aromatic heterocycles. The van der Waals surface area contributed by atoms with Gasteiger partial charge in [0, 0.05) is 5.69 Å². The largest absolute Gasteiger partial charge is 0.486 e. The summed E-state index contributed by atoms with van der Waals surface area (Å²) in [5.41, 5.74) is 4.28. The van der Waals surface area contributed by atoms with Gasteiger partial charge in [0.1, 0.15) is 12.4 Å². The number of carbonyl (C=O) groups is 1. The van der Waals surface area contributed by atoms with E-state index in [1.165, 1.54) is 22.5 Å². The predicted octanol–water partition coefficient (Wildman–Crippen LogP) is 5.68. The van der Waals surface area contributed by atoms with Crippen molar-refractivity contribution in [2.24, 2.45) is 0 Å². The number of aryl methyl sites for hydroxylation is 1. The van der Waals surface area contributed by atoms with Crippen LogP contribution in [0.5, 0.6) is 5.75 Å². The van der Waals surface area contributed by atoms with Gasteiger partial charge < -0.3 is 10.1 Å². The van der Waals surface area contributed by atoms with E-state index in [1.807, 2.05) is 56.3 Å². The van der Waals surface area contributed by atoms with Crippen LogP contribution in [0.15, 0.2) is 42.5 Å². The molecule has 2 aromatic carbocycles. The lowest BCUT2D eigenvalue weighted by atomic mass is 9.87. The van der Waals surface area contributed by atoms with Gasteiger partial charge in [-0.3, -0.25) is 5.32 Å². The molecule has 2 amide bonds. The van der Waals surface area contributed by atoms with Crippen molar-refractivity contribution in [3.8, 4) is 5.75 Å². The minimum absolute atomic E-state index is 0.0722. The van der Waals surface area contributed by atoms with Gasteiger partial charge in [0.2, 0.25) is 5.13 Å². The smallest absolute Gasteiger partial charge is 0.325 e. The SMILES string of the molecule is Cc1cccc(OCc2nnc(NC(=O)Nc3ccc(C(C)(C)C)cc3)s2)c1C. The maximum absolute atomic E-state index is 12.2. The molecule has 29 heavy (non-hydrogen) atoms. The molecule has 0 aliphatic rings. The summed E-state index contributed by atoms with van der Waals surface area (Å²) in [6.07, 6.45) is 0. The molecule has 0 unspecified atom stereocenters. The van der Waals surface area contributed by atoms with Crippen molar-refractivity contribution in [1.82, 2.24) is 10.2 Å². The van der Waals surface area contributed by atoms with Gasteiger partial charge in [-0.05, 0) is 54.2 Å². The number of ether oxygens (including phenoxy) is 1. The Labute approximate surface area is 175 Å². The number of nitrogens with zero attached hydrogens (tertiary/aromatic N) is 2. The number of hydrogen-bond donors (Lipinski definition) is 2. The summed E-state index contributed by atoms with van der Waals surface area (Å²) in [6.45, 7) is 10.8. The van der Waals surface area contributed by atoms with Crippen molar-refractivity contribution in [1.29, 1.82) is 0 Å². The number of amides is 2. The van der Waals surface area contributed by atoms with Crippen LogP contribution in [-0.4, -0.2) is 16.2 Å². The van der Waals surface area contributed by atoms with Crippen LogP contribution in [0.1, 0.15) is 42.5 Å². The summed E-state index contributed by atoms with van der Waals surface area (Å²) in [4.78, 5) is 12.2. The van der Waals surface area contributed by atoms with Gasteiger partial charge >= 0.3 is 6.03 Å². The summed E-state index contributed by atoms with van der Waals surface area (Å²) in [7, 11) is 0. The molecule has 0 saturated carbocycles. The summed E-state index contributed by atoms with van der Waals surface area (Å²) in [5.74, 6) is 0.825. The number of rotatable bonds is 5. The first-order valence-corrected chi connectivity index (χ1v) is 10.2. The lowest BCUT2D eigenvalue weighted by molar-refractivity contribution is 0.262. The lowest BCUT2D eigenvalue weighted by Crippen LogP contribution is -2.19. The monoisotopic (exact) mass is 410 g/mol. The molecule has 3 rings (SSSR count). The minimum Gasteiger partial charge on any atom is -0.486 e. The van der Waals surface area contributed by atoms with E-state index in [9.17, 15) is 4.79 Å². The van der Waals surface area contributed by atoms with E-state index in [1.54, 1.807) is 0 Å². The van der Waals surface area contributed by atoms with Crippen LogP contribution in [0.2, 0.25) is 0 Å². The van der Waals surface area contributed by atoms with Crippen LogP contribution < -0.4 is 15.4 Å². The second kappa shape index (κ2) is 8.61. The van der Waals surface area contributed by atoms with E-state index in [0.717, 1.165) is 17.0 Å². The van der Waals surface area contributed by atoms with Crippen LogP contribution in [0, 0.1) is 13.8 Å². The molecule has 0 radical (unpaired) electrons. The molecule has 0 saturated heterocycles. The van der Waals surface area contributed by atoms with Crippen molar-refractivity contribution in [3.63, 3.8) is 0 Å². The molecule has 0 aliphatic carbocycles. The predicted molar refractivity (Wildman–Crippen MR) is 118 cm³/mol. The van der Waals surface area contributed by atoms with Gasteiger partial charge in [0.25, 0.3) is 0 Å². The third kappa shape index (κ3) is 5.54. The van der Waals surface area contributed by atoms with Gasteiger partial charge in [-0.25, -0.2) is 4.79 Å². The van der Waals surface area contributed by atoms with E-state index >= 15 is 0 Å². The average Bonchev–Trinajstić information content (AvgIpc) is 3.10. The summed E-state index contributed by atoms with van der Waals surface area (Å²) in [6, 6.07) is 13.4. The van der Waals surface area contributed by atoms with Gasteiger partial charge in [0.05, 0.1) is 0 Å². The van der Waals surface area contributed by atoms with E-state index in [4.69, 9.17) is 4.74 Å². The molecule has 0 bridgehead atoms. The summed E-state index contributed by atoms with van der Waals surface area (Å²) >= 11 is 1.29. The highest BCUT2D eigenvalue weighted by Gasteiger charge is 2.14. The highest BCUT2D eigenvalue weighted by Crippen LogP contribution is 2.25. The summed E-state index contributed by atoms with van der Waals surface area (Å²) < 4.78 is 5.84. The Hall–Kier alpha value is -2.93. The Kier molecular flexibility index (Phi) is 6.17. The standard InChI is InChI=1S/C22H26N4O2S/c1-14-7-6-8-18(15(14)2)28-13-19-25-26-21(29-19)24-20(27)23-17-11-9-16(10-12-17)22(3,4)5/h6-12H,13H2,1-5H3,(H2,23,24,26,27). The third-order valence-electron chi connectivity index (χ3n) is 4.60. The zero-order valence-electron chi connectivity index (χ0n) is 17.4. The van der Waals surface area contributed by atoms with E-state index in [0.29, 0.717) is 16.7 Å². The number of aromatic nitrogens is 2. The molecule has 7 heteroatoms. The summed E-state index contributed by atoms with van der Waals surface area (Å²) in [5, 5.41) is 14.7. The topological polar surface area (TPSA) is 76.1 Å². The normalized spacial score (nSPS) is 11.2. The van der Waals surface area contributed by atoms with Gasteiger partial charge in [-0.15, -0.1) is 10.2 Å².